The molecule has 24 heavy (non-hydrogen) atoms. The van der Waals surface area contributed by atoms with Crippen LogP contribution in [0.25, 0.3) is 5.65 Å². The van der Waals surface area contributed by atoms with Crippen molar-refractivity contribution in [2.45, 2.75) is 19.3 Å². The first-order valence-electron chi connectivity index (χ1n) is 8.14. The summed E-state index contributed by atoms with van der Waals surface area (Å²) >= 11 is 0. The van der Waals surface area contributed by atoms with E-state index in [0.29, 0.717) is 17.2 Å². The molecule has 3 aromatic heterocycles. The molecule has 0 spiro atoms. The fourth-order valence-corrected chi connectivity index (χ4v) is 3.03. The SMILES string of the molecule is O=C(Nc1nnc2ccccn12)c1cccnc1N1CCCCC1. The van der Waals surface area contributed by atoms with Gasteiger partial charge in [-0.25, -0.2) is 4.98 Å². The average molecular weight is 322 g/mol. The lowest BCUT2D eigenvalue weighted by Crippen LogP contribution is -2.32. The van der Waals surface area contributed by atoms with E-state index in [1.54, 1.807) is 22.7 Å². The summed E-state index contributed by atoms with van der Waals surface area (Å²) < 4.78 is 1.74. The summed E-state index contributed by atoms with van der Waals surface area (Å²) in [4.78, 5) is 19.4. The number of carbonyl (C=O) groups is 1. The Morgan fingerprint density at radius 1 is 1.04 bits per heavy atom. The Labute approximate surface area is 139 Å². The van der Waals surface area contributed by atoms with Crippen molar-refractivity contribution in [1.82, 2.24) is 19.6 Å². The third-order valence-corrected chi connectivity index (χ3v) is 4.23. The van der Waals surface area contributed by atoms with Crippen molar-refractivity contribution in [3.05, 3.63) is 48.3 Å². The predicted octanol–water partition coefficient (Wildman–Crippen LogP) is 2.37. The molecule has 7 heteroatoms. The van der Waals surface area contributed by atoms with Crippen LogP contribution in [0.1, 0.15) is 29.6 Å². The number of pyridine rings is 2. The molecular weight excluding hydrogens is 304 g/mol. The molecule has 0 aromatic carbocycles. The molecule has 0 unspecified atom stereocenters. The largest absolute Gasteiger partial charge is 0.356 e. The van der Waals surface area contributed by atoms with Gasteiger partial charge >= 0.3 is 0 Å². The Hall–Kier alpha value is -2.96. The Bertz CT molecular complexity index is 868. The summed E-state index contributed by atoms with van der Waals surface area (Å²) in [5.74, 6) is 0.925. The molecule has 0 bridgehead atoms. The third kappa shape index (κ3) is 2.68. The first kappa shape index (κ1) is 14.6. The summed E-state index contributed by atoms with van der Waals surface area (Å²) in [7, 11) is 0. The van der Waals surface area contributed by atoms with Gasteiger partial charge in [0.15, 0.2) is 5.65 Å². The fourth-order valence-electron chi connectivity index (χ4n) is 3.03. The van der Waals surface area contributed by atoms with Crippen molar-refractivity contribution in [3.63, 3.8) is 0 Å². The second kappa shape index (κ2) is 6.27. The van der Waals surface area contributed by atoms with Crippen LogP contribution in [-0.2, 0) is 0 Å². The minimum atomic E-state index is -0.221. The zero-order chi connectivity index (χ0) is 16.4. The minimum absolute atomic E-state index is 0.221. The first-order chi connectivity index (χ1) is 11.8. The molecule has 1 N–H and O–H groups in total. The van der Waals surface area contributed by atoms with Crippen LogP contribution in [0.3, 0.4) is 0 Å². The van der Waals surface area contributed by atoms with Gasteiger partial charge in [0.1, 0.15) is 5.82 Å². The van der Waals surface area contributed by atoms with Gasteiger partial charge in [0, 0.05) is 25.5 Å². The van der Waals surface area contributed by atoms with Crippen molar-refractivity contribution in [2.75, 3.05) is 23.3 Å². The van der Waals surface area contributed by atoms with E-state index in [2.05, 4.69) is 25.4 Å². The molecule has 0 aliphatic carbocycles. The third-order valence-electron chi connectivity index (χ3n) is 4.23. The smallest absolute Gasteiger partial charge is 0.261 e. The number of hydrogen-bond acceptors (Lipinski definition) is 5. The molecule has 1 saturated heterocycles. The minimum Gasteiger partial charge on any atom is -0.356 e. The number of piperidine rings is 1. The van der Waals surface area contributed by atoms with Gasteiger partial charge in [-0.2, -0.15) is 0 Å². The quantitative estimate of drug-likeness (QED) is 0.801. The van der Waals surface area contributed by atoms with Crippen LogP contribution < -0.4 is 10.2 Å². The highest BCUT2D eigenvalue weighted by Gasteiger charge is 2.20. The molecule has 3 aromatic rings. The molecule has 4 rings (SSSR count). The number of fused-ring (bicyclic) bond motifs is 1. The Morgan fingerprint density at radius 2 is 1.92 bits per heavy atom. The average Bonchev–Trinajstić information content (AvgIpc) is 3.05. The Kier molecular flexibility index (Phi) is 3.82. The summed E-state index contributed by atoms with van der Waals surface area (Å²) in [6.07, 6.45) is 7.04. The number of aromatic nitrogens is 4. The lowest BCUT2D eigenvalue weighted by atomic mass is 10.1. The molecule has 1 aliphatic rings. The number of rotatable bonds is 3. The second-order valence-corrected chi connectivity index (χ2v) is 5.83. The van der Waals surface area contributed by atoms with Crippen LogP contribution in [0.4, 0.5) is 11.8 Å². The molecule has 122 valence electrons. The molecule has 0 saturated carbocycles. The standard InChI is InChI=1S/C17H18N6O/c24-16(19-17-21-20-14-8-2-5-12-23(14)17)13-7-6-9-18-15(13)22-10-3-1-4-11-22/h2,5-9,12H,1,3-4,10-11H2,(H,19,21,24). The van der Waals surface area contributed by atoms with Crippen LogP contribution in [-0.4, -0.2) is 38.6 Å². The van der Waals surface area contributed by atoms with Crippen molar-refractivity contribution < 1.29 is 4.79 Å². The van der Waals surface area contributed by atoms with E-state index in [1.807, 2.05) is 24.4 Å². The van der Waals surface area contributed by atoms with Crippen LogP contribution in [0.2, 0.25) is 0 Å². The van der Waals surface area contributed by atoms with E-state index in [0.717, 1.165) is 31.7 Å². The van der Waals surface area contributed by atoms with Gasteiger partial charge in [0.25, 0.3) is 5.91 Å². The van der Waals surface area contributed by atoms with Crippen molar-refractivity contribution in [1.29, 1.82) is 0 Å². The van der Waals surface area contributed by atoms with Gasteiger partial charge in [-0.1, -0.05) is 6.07 Å². The summed E-state index contributed by atoms with van der Waals surface area (Å²) in [6.45, 7) is 1.87. The van der Waals surface area contributed by atoms with Gasteiger partial charge in [-0.05, 0) is 43.5 Å². The molecule has 7 nitrogen and oxygen atoms in total. The van der Waals surface area contributed by atoms with Gasteiger partial charge in [-0.3, -0.25) is 14.5 Å². The maximum Gasteiger partial charge on any atom is 0.261 e. The lowest BCUT2D eigenvalue weighted by molar-refractivity contribution is 0.102. The first-order valence-corrected chi connectivity index (χ1v) is 8.14. The van der Waals surface area contributed by atoms with Gasteiger partial charge in [0.2, 0.25) is 5.95 Å². The van der Waals surface area contributed by atoms with Crippen LogP contribution in [0, 0.1) is 0 Å². The molecule has 1 fully saturated rings. The maximum atomic E-state index is 12.8. The zero-order valence-corrected chi connectivity index (χ0v) is 13.2. The van der Waals surface area contributed by atoms with Crippen LogP contribution in [0.15, 0.2) is 42.7 Å². The molecule has 0 atom stereocenters. The normalized spacial score (nSPS) is 14.8. The van der Waals surface area contributed by atoms with Crippen LogP contribution >= 0.6 is 0 Å². The van der Waals surface area contributed by atoms with E-state index in [-0.39, 0.29) is 5.91 Å². The highest BCUT2D eigenvalue weighted by Crippen LogP contribution is 2.22. The number of carbonyl (C=O) groups excluding carboxylic acids is 1. The fraction of sp³-hybridized carbons (Fsp3) is 0.294. The Morgan fingerprint density at radius 3 is 2.79 bits per heavy atom. The van der Waals surface area contributed by atoms with E-state index in [1.165, 1.54) is 6.42 Å². The number of hydrogen-bond donors (Lipinski definition) is 1. The van der Waals surface area contributed by atoms with E-state index in [9.17, 15) is 4.79 Å². The lowest BCUT2D eigenvalue weighted by Gasteiger charge is -2.28. The summed E-state index contributed by atoms with van der Waals surface area (Å²) in [5.41, 5.74) is 1.25. The van der Waals surface area contributed by atoms with E-state index >= 15 is 0 Å². The van der Waals surface area contributed by atoms with Gasteiger partial charge in [0.05, 0.1) is 5.56 Å². The molecule has 4 heterocycles. The summed E-state index contributed by atoms with van der Waals surface area (Å²) in [6, 6.07) is 9.17. The molecular formula is C17H18N6O. The predicted molar refractivity (Wildman–Crippen MR) is 91.2 cm³/mol. The summed E-state index contributed by atoms with van der Waals surface area (Å²) in [5, 5.41) is 10.9. The topological polar surface area (TPSA) is 75.4 Å². The second-order valence-electron chi connectivity index (χ2n) is 5.83. The highest BCUT2D eigenvalue weighted by atomic mass is 16.1. The van der Waals surface area contributed by atoms with E-state index < -0.39 is 0 Å². The van der Waals surface area contributed by atoms with Crippen LogP contribution in [0.5, 0.6) is 0 Å². The zero-order valence-electron chi connectivity index (χ0n) is 13.2. The van der Waals surface area contributed by atoms with E-state index in [4.69, 9.17) is 0 Å². The molecule has 0 radical (unpaired) electrons. The monoisotopic (exact) mass is 322 g/mol. The number of nitrogens with zero attached hydrogens (tertiary/aromatic N) is 5. The molecule has 1 amide bonds. The van der Waals surface area contributed by atoms with Crippen molar-refractivity contribution >= 4 is 23.3 Å². The van der Waals surface area contributed by atoms with Crippen molar-refractivity contribution in [3.8, 4) is 0 Å². The molecule has 1 aliphatic heterocycles. The maximum absolute atomic E-state index is 12.8. The number of amides is 1. The number of anilines is 2. The van der Waals surface area contributed by atoms with Gasteiger partial charge in [-0.15, -0.1) is 10.2 Å². The van der Waals surface area contributed by atoms with Crippen molar-refractivity contribution in [2.24, 2.45) is 0 Å². The number of nitrogens with one attached hydrogen (secondary N) is 1. The highest BCUT2D eigenvalue weighted by molar-refractivity contribution is 6.06. The van der Waals surface area contributed by atoms with Gasteiger partial charge < -0.3 is 4.90 Å². The Balaban J connectivity index is 1.63.